The maximum atomic E-state index is 5.27. The first kappa shape index (κ1) is 11.1. The van der Waals surface area contributed by atoms with Crippen molar-refractivity contribution >= 4 is 0 Å². The van der Waals surface area contributed by atoms with Crippen molar-refractivity contribution in [1.29, 1.82) is 0 Å². The maximum Gasteiger partial charge on any atom is 0.213 e. The molecule has 1 aromatic rings. The second kappa shape index (κ2) is 6.50. The van der Waals surface area contributed by atoms with Crippen molar-refractivity contribution in [2.75, 3.05) is 19.8 Å². The smallest absolute Gasteiger partial charge is 0.213 e. The quantitative estimate of drug-likeness (QED) is 0.697. The van der Waals surface area contributed by atoms with E-state index in [1.807, 2.05) is 6.92 Å². The lowest BCUT2D eigenvalue weighted by Crippen LogP contribution is -2.32. The van der Waals surface area contributed by atoms with Gasteiger partial charge in [-0.25, -0.2) is 0 Å². The van der Waals surface area contributed by atoms with Gasteiger partial charge in [-0.15, -0.1) is 0 Å². The molecule has 80 valence electrons. The average Bonchev–Trinajstić information content (AvgIpc) is 2.67. The molecule has 0 aliphatic heterocycles. The van der Waals surface area contributed by atoms with Crippen LogP contribution < -0.4 is 5.32 Å². The summed E-state index contributed by atoms with van der Waals surface area (Å²) < 4.78 is 9.89. The lowest BCUT2D eigenvalue weighted by Gasteiger charge is -2.12. The van der Waals surface area contributed by atoms with Crippen molar-refractivity contribution < 1.29 is 9.26 Å². The van der Waals surface area contributed by atoms with Crippen LogP contribution in [0, 0.1) is 0 Å². The van der Waals surface area contributed by atoms with Gasteiger partial charge in [0.05, 0.1) is 6.61 Å². The Morgan fingerprint density at radius 3 is 3.14 bits per heavy atom. The first-order chi connectivity index (χ1) is 6.83. The molecule has 0 amide bonds. The second-order valence-electron chi connectivity index (χ2n) is 3.11. The standard InChI is InChI=1S/C9H17N3O2/c1-3-13-6-8(2)10-5-4-9-11-7-14-12-9/h7-8,10H,3-6H2,1-2H3. The SMILES string of the molecule is CCOCC(C)NCCc1ncon1. The molecule has 1 unspecified atom stereocenters. The molecule has 0 bridgehead atoms. The Hall–Kier alpha value is -0.940. The van der Waals surface area contributed by atoms with Crippen LogP contribution in [0.1, 0.15) is 19.7 Å². The molecule has 0 saturated carbocycles. The van der Waals surface area contributed by atoms with E-state index in [0.717, 1.165) is 32.0 Å². The van der Waals surface area contributed by atoms with Crippen molar-refractivity contribution in [3.63, 3.8) is 0 Å². The third-order valence-corrected chi connectivity index (χ3v) is 1.82. The molecule has 5 nitrogen and oxygen atoms in total. The van der Waals surface area contributed by atoms with E-state index in [4.69, 9.17) is 4.74 Å². The van der Waals surface area contributed by atoms with Crippen molar-refractivity contribution in [2.45, 2.75) is 26.3 Å². The Morgan fingerprint density at radius 1 is 1.64 bits per heavy atom. The zero-order valence-electron chi connectivity index (χ0n) is 8.69. The van der Waals surface area contributed by atoms with Crippen molar-refractivity contribution in [3.8, 4) is 0 Å². The number of hydrogen-bond acceptors (Lipinski definition) is 5. The van der Waals surface area contributed by atoms with Crippen LogP contribution in [-0.4, -0.2) is 35.9 Å². The van der Waals surface area contributed by atoms with Gasteiger partial charge in [0.25, 0.3) is 0 Å². The highest BCUT2D eigenvalue weighted by atomic mass is 16.5. The summed E-state index contributed by atoms with van der Waals surface area (Å²) in [5, 5.41) is 7.03. The van der Waals surface area contributed by atoms with E-state index in [-0.39, 0.29) is 0 Å². The van der Waals surface area contributed by atoms with Crippen LogP contribution >= 0.6 is 0 Å². The molecule has 14 heavy (non-hydrogen) atoms. The molecular weight excluding hydrogens is 182 g/mol. The average molecular weight is 199 g/mol. The first-order valence-corrected chi connectivity index (χ1v) is 4.89. The molecule has 0 saturated heterocycles. The Morgan fingerprint density at radius 2 is 2.50 bits per heavy atom. The molecule has 0 fully saturated rings. The van der Waals surface area contributed by atoms with Crippen molar-refractivity contribution in [1.82, 2.24) is 15.5 Å². The van der Waals surface area contributed by atoms with Crippen LogP contribution in [0.2, 0.25) is 0 Å². The van der Waals surface area contributed by atoms with E-state index >= 15 is 0 Å². The van der Waals surface area contributed by atoms with Gasteiger partial charge < -0.3 is 14.6 Å². The predicted octanol–water partition coefficient (Wildman–Crippen LogP) is 0.627. The minimum absolute atomic E-state index is 0.363. The molecule has 1 atom stereocenters. The fourth-order valence-electron chi connectivity index (χ4n) is 1.09. The number of nitrogens with zero attached hydrogens (tertiary/aromatic N) is 2. The van der Waals surface area contributed by atoms with Crippen LogP contribution in [0.3, 0.4) is 0 Å². The largest absolute Gasteiger partial charge is 0.380 e. The summed E-state index contributed by atoms with van der Waals surface area (Å²) in [6, 6.07) is 0.363. The summed E-state index contributed by atoms with van der Waals surface area (Å²) in [5.74, 6) is 0.737. The van der Waals surface area contributed by atoms with Crippen LogP contribution in [0.15, 0.2) is 10.9 Å². The molecule has 5 heteroatoms. The van der Waals surface area contributed by atoms with Gasteiger partial charge in [0.15, 0.2) is 5.82 Å². The summed E-state index contributed by atoms with van der Waals surface area (Å²) >= 11 is 0. The van der Waals surface area contributed by atoms with Crippen LogP contribution in [0.25, 0.3) is 0 Å². The minimum Gasteiger partial charge on any atom is -0.380 e. The lowest BCUT2D eigenvalue weighted by molar-refractivity contribution is 0.127. The Kier molecular flexibility index (Phi) is 5.17. The zero-order valence-corrected chi connectivity index (χ0v) is 8.69. The summed E-state index contributed by atoms with van der Waals surface area (Å²) in [6.07, 6.45) is 2.13. The van der Waals surface area contributed by atoms with E-state index in [0.29, 0.717) is 6.04 Å². The number of aromatic nitrogens is 2. The zero-order chi connectivity index (χ0) is 10.2. The molecular formula is C9H17N3O2. The van der Waals surface area contributed by atoms with Gasteiger partial charge in [-0.3, -0.25) is 0 Å². The maximum absolute atomic E-state index is 5.27. The number of rotatable bonds is 7. The van der Waals surface area contributed by atoms with E-state index in [9.17, 15) is 0 Å². The molecule has 0 radical (unpaired) electrons. The number of hydrogen-bond donors (Lipinski definition) is 1. The monoisotopic (exact) mass is 199 g/mol. The molecule has 1 rings (SSSR count). The highest BCUT2D eigenvalue weighted by molar-refractivity contribution is 4.79. The van der Waals surface area contributed by atoms with Crippen LogP contribution in [0.4, 0.5) is 0 Å². The Bertz CT molecular complexity index is 226. The third-order valence-electron chi connectivity index (χ3n) is 1.82. The topological polar surface area (TPSA) is 60.2 Å². The van der Waals surface area contributed by atoms with E-state index < -0.39 is 0 Å². The summed E-state index contributed by atoms with van der Waals surface area (Å²) in [5.41, 5.74) is 0. The molecule has 1 aromatic heterocycles. The first-order valence-electron chi connectivity index (χ1n) is 4.89. The summed E-state index contributed by atoms with van der Waals surface area (Å²) in [7, 11) is 0. The number of ether oxygens (including phenoxy) is 1. The summed E-state index contributed by atoms with van der Waals surface area (Å²) in [6.45, 7) is 6.42. The van der Waals surface area contributed by atoms with Gasteiger partial charge in [-0.05, 0) is 13.8 Å². The Labute approximate surface area is 83.8 Å². The van der Waals surface area contributed by atoms with Crippen LogP contribution in [-0.2, 0) is 11.2 Å². The number of nitrogens with one attached hydrogen (secondary N) is 1. The van der Waals surface area contributed by atoms with Gasteiger partial charge in [-0.1, -0.05) is 5.16 Å². The summed E-state index contributed by atoms with van der Waals surface area (Å²) in [4.78, 5) is 3.93. The Balaban J connectivity index is 2.03. The fourth-order valence-corrected chi connectivity index (χ4v) is 1.09. The molecule has 0 aliphatic rings. The van der Waals surface area contributed by atoms with Crippen molar-refractivity contribution in [3.05, 3.63) is 12.2 Å². The van der Waals surface area contributed by atoms with Gasteiger partial charge >= 0.3 is 0 Å². The van der Waals surface area contributed by atoms with Gasteiger partial charge in [0.1, 0.15) is 0 Å². The van der Waals surface area contributed by atoms with E-state index in [2.05, 4.69) is 26.9 Å². The highest BCUT2D eigenvalue weighted by Gasteiger charge is 2.02. The second-order valence-corrected chi connectivity index (χ2v) is 3.11. The molecule has 0 aromatic carbocycles. The van der Waals surface area contributed by atoms with Crippen LogP contribution in [0.5, 0.6) is 0 Å². The predicted molar refractivity (Wildman–Crippen MR) is 52.0 cm³/mol. The normalized spacial score (nSPS) is 13.0. The minimum atomic E-state index is 0.363. The highest BCUT2D eigenvalue weighted by Crippen LogP contribution is 1.90. The van der Waals surface area contributed by atoms with E-state index in [1.54, 1.807) is 0 Å². The van der Waals surface area contributed by atoms with Crippen molar-refractivity contribution in [2.24, 2.45) is 0 Å². The molecule has 0 aliphatic carbocycles. The molecule has 0 spiro atoms. The molecule has 1 N–H and O–H groups in total. The fraction of sp³-hybridized carbons (Fsp3) is 0.778. The lowest BCUT2D eigenvalue weighted by atomic mass is 10.3. The van der Waals surface area contributed by atoms with Gasteiger partial charge in [0.2, 0.25) is 6.39 Å². The van der Waals surface area contributed by atoms with E-state index in [1.165, 1.54) is 6.39 Å². The molecule has 1 heterocycles. The van der Waals surface area contributed by atoms with Gasteiger partial charge in [0, 0.05) is 25.6 Å². The third kappa shape index (κ3) is 4.34. The van der Waals surface area contributed by atoms with Gasteiger partial charge in [-0.2, -0.15) is 4.98 Å².